The van der Waals surface area contributed by atoms with Crippen molar-refractivity contribution in [1.29, 1.82) is 0 Å². The Bertz CT molecular complexity index is 461. The minimum atomic E-state index is 0.814. The van der Waals surface area contributed by atoms with Crippen LogP contribution in [0.5, 0.6) is 0 Å². The minimum absolute atomic E-state index is 0.814. The van der Waals surface area contributed by atoms with E-state index >= 15 is 0 Å². The molecular weight excluding hydrogens is 232 g/mol. The molecule has 0 saturated carbocycles. The second kappa shape index (κ2) is 5.98. The van der Waals surface area contributed by atoms with Crippen molar-refractivity contribution in [3.63, 3.8) is 0 Å². The summed E-state index contributed by atoms with van der Waals surface area (Å²) in [4.78, 5) is 6.75. The fourth-order valence-electron chi connectivity index (χ4n) is 1.60. The molecule has 2 aromatic rings. The van der Waals surface area contributed by atoms with E-state index in [4.69, 9.17) is 4.42 Å². The summed E-state index contributed by atoms with van der Waals surface area (Å²) in [6, 6.07) is 4.19. The molecule has 0 spiro atoms. The Morgan fingerprint density at radius 3 is 2.94 bits per heavy atom. The highest BCUT2D eigenvalue weighted by Gasteiger charge is 2.07. The second-order valence-corrected chi connectivity index (χ2v) is 5.32. The number of hydrogen-bond donors (Lipinski definition) is 1. The normalized spacial score (nSPS) is 10.9. The molecule has 0 aromatic carbocycles. The van der Waals surface area contributed by atoms with Crippen LogP contribution >= 0.6 is 11.3 Å². The molecule has 1 N–H and O–H groups in total. The summed E-state index contributed by atoms with van der Waals surface area (Å²) in [5.74, 6) is 1.70. The van der Waals surface area contributed by atoms with Crippen molar-refractivity contribution >= 4 is 11.3 Å². The van der Waals surface area contributed by atoms with Crippen LogP contribution in [0.3, 0.4) is 0 Å². The number of nitrogens with one attached hydrogen (secondary N) is 1. The van der Waals surface area contributed by atoms with E-state index in [1.165, 1.54) is 4.88 Å². The lowest BCUT2D eigenvalue weighted by molar-refractivity contribution is 0.495. The van der Waals surface area contributed by atoms with E-state index in [2.05, 4.69) is 36.3 Å². The lowest BCUT2D eigenvalue weighted by Gasteiger charge is -1.98. The highest BCUT2D eigenvalue weighted by Crippen LogP contribution is 2.28. The topological polar surface area (TPSA) is 38.1 Å². The lowest BCUT2D eigenvalue weighted by Crippen LogP contribution is -2.17. The average molecular weight is 250 g/mol. The second-order valence-electron chi connectivity index (χ2n) is 4.03. The fraction of sp³-hybridized carbons (Fsp3) is 0.462. The molecule has 0 radical (unpaired) electrons. The molecule has 2 rings (SSSR count). The van der Waals surface area contributed by atoms with Crippen LogP contribution in [-0.4, -0.2) is 18.1 Å². The number of aryl methyl sites for hydroxylation is 1. The van der Waals surface area contributed by atoms with Crippen molar-refractivity contribution < 1.29 is 4.42 Å². The van der Waals surface area contributed by atoms with Gasteiger partial charge in [0, 0.05) is 17.8 Å². The van der Waals surface area contributed by atoms with Gasteiger partial charge in [-0.3, -0.25) is 0 Å². The van der Waals surface area contributed by atoms with Crippen LogP contribution in [0.25, 0.3) is 10.6 Å². The minimum Gasteiger partial charge on any atom is -0.440 e. The van der Waals surface area contributed by atoms with E-state index in [1.54, 1.807) is 11.3 Å². The first kappa shape index (κ1) is 12.3. The molecule has 0 aliphatic heterocycles. The Morgan fingerprint density at radius 2 is 2.24 bits per heavy atom. The zero-order valence-corrected chi connectivity index (χ0v) is 11.1. The number of nitrogens with zero attached hydrogens (tertiary/aromatic N) is 1. The molecule has 92 valence electrons. The summed E-state index contributed by atoms with van der Waals surface area (Å²) in [6.07, 6.45) is 3.83. The van der Waals surface area contributed by atoms with Gasteiger partial charge in [0.15, 0.2) is 11.7 Å². The van der Waals surface area contributed by atoms with Gasteiger partial charge in [-0.1, -0.05) is 6.92 Å². The molecule has 0 aliphatic carbocycles. The predicted octanol–water partition coefficient (Wildman–Crippen LogP) is 3.25. The highest BCUT2D eigenvalue weighted by atomic mass is 32.1. The lowest BCUT2D eigenvalue weighted by atomic mass is 10.4. The van der Waals surface area contributed by atoms with Gasteiger partial charge in [-0.15, -0.1) is 11.3 Å². The van der Waals surface area contributed by atoms with Crippen molar-refractivity contribution in [3.05, 3.63) is 29.1 Å². The Labute approximate surface area is 106 Å². The number of thiophene rings is 1. The number of oxazole rings is 1. The van der Waals surface area contributed by atoms with Crippen molar-refractivity contribution in [2.75, 3.05) is 13.1 Å². The van der Waals surface area contributed by atoms with Crippen LogP contribution in [0.15, 0.2) is 22.7 Å². The smallest absolute Gasteiger partial charge is 0.196 e. The first-order chi connectivity index (χ1) is 8.29. The van der Waals surface area contributed by atoms with Gasteiger partial charge in [0.2, 0.25) is 0 Å². The van der Waals surface area contributed by atoms with Gasteiger partial charge >= 0.3 is 0 Å². The maximum Gasteiger partial charge on any atom is 0.196 e. The third-order valence-electron chi connectivity index (χ3n) is 2.48. The zero-order valence-electron chi connectivity index (χ0n) is 10.3. The van der Waals surface area contributed by atoms with Gasteiger partial charge in [0.25, 0.3) is 0 Å². The largest absolute Gasteiger partial charge is 0.440 e. The maximum absolute atomic E-state index is 5.72. The molecule has 0 saturated heterocycles. The van der Waals surface area contributed by atoms with Crippen LogP contribution in [0.1, 0.15) is 24.1 Å². The molecule has 17 heavy (non-hydrogen) atoms. The van der Waals surface area contributed by atoms with Crippen molar-refractivity contribution in [2.24, 2.45) is 0 Å². The third kappa shape index (κ3) is 3.41. The van der Waals surface area contributed by atoms with E-state index in [0.29, 0.717) is 0 Å². The molecule has 3 nitrogen and oxygen atoms in total. The van der Waals surface area contributed by atoms with E-state index in [0.717, 1.165) is 42.5 Å². The molecule has 2 aromatic heterocycles. The average Bonchev–Trinajstić information content (AvgIpc) is 2.93. The molecule has 0 aliphatic rings. The van der Waals surface area contributed by atoms with E-state index in [9.17, 15) is 0 Å². The standard InChI is InChI=1S/C13H18N2OS/c1-3-7-14-8-6-13-15-9-11(16-13)12-5-4-10(2)17-12/h4-5,9,14H,3,6-8H2,1-2H3. The molecule has 0 unspecified atom stereocenters. The van der Waals surface area contributed by atoms with E-state index < -0.39 is 0 Å². The summed E-state index contributed by atoms with van der Waals surface area (Å²) < 4.78 is 5.72. The van der Waals surface area contributed by atoms with Crippen LogP contribution in [0.4, 0.5) is 0 Å². The van der Waals surface area contributed by atoms with Crippen molar-refractivity contribution in [2.45, 2.75) is 26.7 Å². The molecule has 0 amide bonds. The Morgan fingerprint density at radius 1 is 1.35 bits per heavy atom. The van der Waals surface area contributed by atoms with Gasteiger partial charge in [0.05, 0.1) is 11.1 Å². The summed E-state index contributed by atoms with van der Waals surface area (Å²) in [6.45, 7) is 6.24. The molecule has 0 fully saturated rings. The number of rotatable bonds is 6. The van der Waals surface area contributed by atoms with Gasteiger partial charge in [-0.25, -0.2) is 4.98 Å². The molecule has 0 atom stereocenters. The molecule has 4 heteroatoms. The number of hydrogen-bond acceptors (Lipinski definition) is 4. The van der Waals surface area contributed by atoms with E-state index in [1.807, 2.05) is 6.20 Å². The van der Waals surface area contributed by atoms with Crippen molar-refractivity contribution in [3.8, 4) is 10.6 Å². The summed E-state index contributed by atoms with van der Waals surface area (Å²) in [7, 11) is 0. The van der Waals surface area contributed by atoms with Crippen LogP contribution in [-0.2, 0) is 6.42 Å². The monoisotopic (exact) mass is 250 g/mol. The molecular formula is C13H18N2OS. The number of aromatic nitrogens is 1. The molecule has 2 heterocycles. The van der Waals surface area contributed by atoms with Crippen LogP contribution in [0, 0.1) is 6.92 Å². The van der Waals surface area contributed by atoms with E-state index in [-0.39, 0.29) is 0 Å². The Kier molecular flexibility index (Phi) is 4.34. The predicted molar refractivity (Wildman–Crippen MR) is 71.4 cm³/mol. The third-order valence-corrected chi connectivity index (χ3v) is 3.49. The Hall–Kier alpha value is -1.13. The quantitative estimate of drug-likeness (QED) is 0.800. The highest BCUT2D eigenvalue weighted by molar-refractivity contribution is 7.15. The SMILES string of the molecule is CCCNCCc1ncc(-c2ccc(C)s2)o1. The van der Waals surface area contributed by atoms with Gasteiger partial charge in [-0.2, -0.15) is 0 Å². The first-order valence-electron chi connectivity index (χ1n) is 6.02. The van der Waals surface area contributed by atoms with Gasteiger partial charge < -0.3 is 9.73 Å². The summed E-state index contributed by atoms with van der Waals surface area (Å²) in [5.41, 5.74) is 0. The first-order valence-corrected chi connectivity index (χ1v) is 6.83. The van der Waals surface area contributed by atoms with Gasteiger partial charge in [0.1, 0.15) is 0 Å². The summed E-state index contributed by atoms with van der Waals surface area (Å²) >= 11 is 1.74. The van der Waals surface area contributed by atoms with Crippen molar-refractivity contribution in [1.82, 2.24) is 10.3 Å². The van der Waals surface area contributed by atoms with Crippen LogP contribution in [0.2, 0.25) is 0 Å². The van der Waals surface area contributed by atoms with Crippen LogP contribution < -0.4 is 5.32 Å². The molecule has 0 bridgehead atoms. The van der Waals surface area contributed by atoms with Gasteiger partial charge in [-0.05, 0) is 32.0 Å². The maximum atomic E-state index is 5.72. The fourth-order valence-corrected chi connectivity index (χ4v) is 2.42. The summed E-state index contributed by atoms with van der Waals surface area (Å²) in [5, 5.41) is 3.34. The zero-order chi connectivity index (χ0) is 12.1. The Balaban J connectivity index is 1.92.